The molecule has 0 unspecified atom stereocenters. The van der Waals surface area contributed by atoms with Gasteiger partial charge in [-0.15, -0.1) is 11.3 Å². The van der Waals surface area contributed by atoms with Gasteiger partial charge in [0.25, 0.3) is 5.91 Å². The van der Waals surface area contributed by atoms with Crippen LogP contribution in [0.2, 0.25) is 5.02 Å². The molecule has 4 rings (SSSR count). The first kappa shape index (κ1) is 24.7. The number of hydrogen-bond donors (Lipinski definition) is 0. The molecule has 9 heteroatoms. The molecule has 3 aromatic rings. The highest BCUT2D eigenvalue weighted by Gasteiger charge is 2.24. The van der Waals surface area contributed by atoms with Gasteiger partial charge in [0.15, 0.2) is 5.76 Å². The second kappa shape index (κ2) is 10.5. The molecule has 0 aliphatic carbocycles. The summed E-state index contributed by atoms with van der Waals surface area (Å²) >= 11 is 7.70. The van der Waals surface area contributed by atoms with Gasteiger partial charge in [0.1, 0.15) is 23.9 Å². The molecule has 0 bridgehead atoms. The molecule has 0 atom stereocenters. The number of rotatable bonds is 6. The molecule has 0 saturated carbocycles. The van der Waals surface area contributed by atoms with Crippen LogP contribution in [0, 0.1) is 5.82 Å². The van der Waals surface area contributed by atoms with Crippen molar-refractivity contribution >= 4 is 28.8 Å². The molecule has 1 amide bonds. The topological polar surface area (TPSA) is 58.8 Å². The van der Waals surface area contributed by atoms with E-state index in [1.807, 2.05) is 4.90 Å². The van der Waals surface area contributed by atoms with Gasteiger partial charge < -0.3 is 14.1 Å². The monoisotopic (exact) mass is 505 g/mol. The number of thiazole rings is 1. The molecule has 3 heterocycles. The maximum absolute atomic E-state index is 13.2. The molecule has 34 heavy (non-hydrogen) atoms. The number of hydrogen-bond acceptors (Lipinski definition) is 6. The number of nitrogens with zero attached hydrogens (tertiary/aromatic N) is 3. The third-order valence-corrected chi connectivity index (χ3v) is 7.20. The Hall–Kier alpha value is -2.42. The van der Waals surface area contributed by atoms with Crippen LogP contribution >= 0.6 is 22.9 Å². The Kier molecular flexibility index (Phi) is 7.60. The molecule has 6 nitrogen and oxygen atoms in total. The van der Waals surface area contributed by atoms with E-state index in [-0.39, 0.29) is 28.7 Å². The summed E-state index contributed by atoms with van der Waals surface area (Å²) in [5.74, 6) is 0.580. The van der Waals surface area contributed by atoms with Crippen LogP contribution in [0.15, 0.2) is 40.1 Å². The minimum atomic E-state index is -0.430. The van der Waals surface area contributed by atoms with Gasteiger partial charge in [-0.3, -0.25) is 9.69 Å². The lowest BCUT2D eigenvalue weighted by Gasteiger charge is -2.21. The van der Waals surface area contributed by atoms with E-state index in [1.54, 1.807) is 23.5 Å². The Bertz CT molecular complexity index is 1140. The van der Waals surface area contributed by atoms with Crippen molar-refractivity contribution in [2.45, 2.75) is 45.8 Å². The van der Waals surface area contributed by atoms with Crippen LogP contribution in [0.3, 0.4) is 0 Å². The van der Waals surface area contributed by atoms with Crippen molar-refractivity contribution in [1.29, 1.82) is 0 Å². The Morgan fingerprint density at radius 3 is 2.76 bits per heavy atom. The Morgan fingerprint density at radius 2 is 2.03 bits per heavy atom. The molecule has 2 aromatic heterocycles. The van der Waals surface area contributed by atoms with Crippen molar-refractivity contribution in [2.24, 2.45) is 0 Å². The second-order valence-corrected chi connectivity index (χ2v) is 10.7. The average molecular weight is 506 g/mol. The van der Waals surface area contributed by atoms with Gasteiger partial charge in [0, 0.05) is 43.5 Å². The van der Waals surface area contributed by atoms with E-state index in [0.29, 0.717) is 24.6 Å². The van der Waals surface area contributed by atoms with Gasteiger partial charge in [-0.25, -0.2) is 9.37 Å². The minimum Gasteiger partial charge on any atom is -0.484 e. The number of carbonyl (C=O) groups excluding carboxylic acids is 1. The van der Waals surface area contributed by atoms with E-state index in [1.165, 1.54) is 18.2 Å². The van der Waals surface area contributed by atoms with Gasteiger partial charge >= 0.3 is 0 Å². The number of ether oxygens (including phenoxy) is 1. The maximum atomic E-state index is 13.2. The van der Waals surface area contributed by atoms with E-state index >= 15 is 0 Å². The predicted molar refractivity (Wildman–Crippen MR) is 131 cm³/mol. The lowest BCUT2D eigenvalue weighted by Crippen LogP contribution is -2.35. The van der Waals surface area contributed by atoms with E-state index < -0.39 is 5.82 Å². The molecule has 1 fully saturated rings. The molecule has 0 spiro atoms. The summed E-state index contributed by atoms with van der Waals surface area (Å²) in [4.78, 5) is 22.0. The SMILES string of the molecule is CC(C)(C)c1nc(CN2CCCN(C(=O)c3ccc(COc4ccc(F)cc4Cl)o3)CC2)cs1. The zero-order valence-electron chi connectivity index (χ0n) is 19.6. The standard InChI is InChI=1S/C25H29ClFN3O3S/c1-25(2,3)24-28-18(16-34-24)14-29-9-4-10-30(12-11-29)23(31)22-8-6-19(33-22)15-32-21-7-5-17(27)13-20(21)26/h5-8,13,16H,4,9-12,14-15H2,1-3H3. The van der Waals surface area contributed by atoms with Crippen molar-refractivity contribution in [2.75, 3.05) is 26.2 Å². The first-order valence-corrected chi connectivity index (χ1v) is 12.6. The van der Waals surface area contributed by atoms with Crippen molar-refractivity contribution in [3.63, 3.8) is 0 Å². The summed E-state index contributed by atoms with van der Waals surface area (Å²) in [6.07, 6.45) is 0.891. The van der Waals surface area contributed by atoms with E-state index in [4.69, 9.17) is 25.7 Å². The van der Waals surface area contributed by atoms with Crippen LogP contribution in [0.1, 0.15) is 54.2 Å². The smallest absolute Gasteiger partial charge is 0.289 e. The summed E-state index contributed by atoms with van der Waals surface area (Å²) in [5.41, 5.74) is 1.15. The van der Waals surface area contributed by atoms with Gasteiger partial charge in [-0.2, -0.15) is 0 Å². The zero-order valence-corrected chi connectivity index (χ0v) is 21.2. The number of carbonyl (C=O) groups is 1. The number of aromatic nitrogens is 1. The number of benzene rings is 1. The zero-order chi connectivity index (χ0) is 24.3. The molecule has 0 radical (unpaired) electrons. The minimum absolute atomic E-state index is 0.0587. The Labute approximate surface area is 208 Å². The van der Waals surface area contributed by atoms with E-state index in [2.05, 4.69) is 31.1 Å². The fraction of sp³-hybridized carbons (Fsp3) is 0.440. The lowest BCUT2D eigenvalue weighted by atomic mass is 9.98. The number of halogens is 2. The average Bonchev–Trinajstić information content (AvgIpc) is 3.38. The maximum Gasteiger partial charge on any atom is 0.289 e. The summed E-state index contributed by atoms with van der Waals surface area (Å²) in [6, 6.07) is 7.31. The number of amides is 1. The summed E-state index contributed by atoms with van der Waals surface area (Å²) in [5, 5.41) is 3.47. The van der Waals surface area contributed by atoms with Crippen LogP contribution in [0.25, 0.3) is 0 Å². The van der Waals surface area contributed by atoms with Crippen LogP contribution in [-0.2, 0) is 18.6 Å². The fourth-order valence-corrected chi connectivity index (χ4v) is 4.87. The van der Waals surface area contributed by atoms with Crippen LogP contribution in [0.4, 0.5) is 4.39 Å². The van der Waals surface area contributed by atoms with Crippen molar-refractivity contribution in [1.82, 2.24) is 14.8 Å². The summed E-state index contributed by atoms with van der Waals surface area (Å²) in [7, 11) is 0. The fourth-order valence-electron chi connectivity index (χ4n) is 3.75. The summed E-state index contributed by atoms with van der Waals surface area (Å²) < 4.78 is 24.5. The van der Waals surface area contributed by atoms with Crippen LogP contribution in [-0.4, -0.2) is 46.9 Å². The summed E-state index contributed by atoms with van der Waals surface area (Å²) in [6.45, 7) is 10.4. The van der Waals surface area contributed by atoms with Crippen LogP contribution in [0.5, 0.6) is 5.75 Å². The molecular weight excluding hydrogens is 477 g/mol. The largest absolute Gasteiger partial charge is 0.484 e. The predicted octanol–water partition coefficient (Wildman–Crippen LogP) is 5.75. The van der Waals surface area contributed by atoms with Crippen molar-refractivity contribution in [3.8, 4) is 5.75 Å². The van der Waals surface area contributed by atoms with Gasteiger partial charge in [0.2, 0.25) is 0 Å². The number of furan rings is 1. The first-order valence-electron chi connectivity index (χ1n) is 11.3. The molecule has 1 saturated heterocycles. The third kappa shape index (κ3) is 6.17. The van der Waals surface area contributed by atoms with Crippen molar-refractivity contribution < 1.29 is 18.3 Å². The van der Waals surface area contributed by atoms with E-state index in [9.17, 15) is 9.18 Å². The third-order valence-electron chi connectivity index (χ3n) is 5.59. The first-order chi connectivity index (χ1) is 16.2. The van der Waals surface area contributed by atoms with E-state index in [0.717, 1.165) is 36.8 Å². The van der Waals surface area contributed by atoms with Gasteiger partial charge in [0.05, 0.1) is 15.7 Å². The lowest BCUT2D eigenvalue weighted by molar-refractivity contribution is 0.0725. The Balaban J connectivity index is 1.30. The van der Waals surface area contributed by atoms with Gasteiger partial charge in [-0.05, 0) is 36.8 Å². The molecular formula is C25H29ClFN3O3S. The normalized spacial score (nSPS) is 15.4. The quantitative estimate of drug-likeness (QED) is 0.426. The molecule has 182 valence electrons. The van der Waals surface area contributed by atoms with Crippen molar-refractivity contribution in [3.05, 3.63) is 68.8 Å². The van der Waals surface area contributed by atoms with Gasteiger partial charge in [-0.1, -0.05) is 32.4 Å². The Morgan fingerprint density at radius 1 is 1.21 bits per heavy atom. The highest BCUT2D eigenvalue weighted by atomic mass is 35.5. The van der Waals surface area contributed by atoms with Crippen LogP contribution < -0.4 is 4.74 Å². The highest BCUT2D eigenvalue weighted by Crippen LogP contribution is 2.27. The second-order valence-electron chi connectivity index (χ2n) is 9.45. The molecule has 1 aliphatic rings. The highest BCUT2D eigenvalue weighted by molar-refractivity contribution is 7.09. The molecule has 1 aliphatic heterocycles. The molecule has 0 N–H and O–H groups in total. The molecule has 1 aromatic carbocycles.